The molecule has 2 rings (SSSR count). The number of sulfone groups is 1. The summed E-state index contributed by atoms with van der Waals surface area (Å²) in [6.07, 6.45) is 6.29. The monoisotopic (exact) mass is 274 g/mol. The third kappa shape index (κ3) is 3.37. The lowest BCUT2D eigenvalue weighted by Gasteiger charge is -2.32. The first-order chi connectivity index (χ1) is 8.48. The summed E-state index contributed by atoms with van der Waals surface area (Å²) in [4.78, 5) is 13.8. The Labute approximate surface area is 109 Å². The van der Waals surface area contributed by atoms with Crippen molar-refractivity contribution in [3.8, 4) is 0 Å². The third-order valence-electron chi connectivity index (χ3n) is 4.00. The molecule has 6 heteroatoms. The first kappa shape index (κ1) is 13.6. The molecule has 1 heterocycles. The van der Waals surface area contributed by atoms with Gasteiger partial charge in [-0.2, -0.15) is 0 Å². The summed E-state index contributed by atoms with van der Waals surface area (Å²) in [5.74, 6) is 0.294. The fourth-order valence-corrected chi connectivity index (χ4v) is 4.49. The van der Waals surface area contributed by atoms with Gasteiger partial charge in [-0.15, -0.1) is 0 Å². The van der Waals surface area contributed by atoms with Crippen molar-refractivity contribution in [3.63, 3.8) is 0 Å². The van der Waals surface area contributed by atoms with Gasteiger partial charge in [0.25, 0.3) is 0 Å². The minimum atomic E-state index is -2.92. The molecule has 18 heavy (non-hydrogen) atoms. The molecule has 2 fully saturated rings. The zero-order valence-electron chi connectivity index (χ0n) is 10.9. The number of rotatable bonds is 2. The van der Waals surface area contributed by atoms with Gasteiger partial charge in [0, 0.05) is 19.1 Å². The van der Waals surface area contributed by atoms with Gasteiger partial charge in [0.2, 0.25) is 0 Å². The van der Waals surface area contributed by atoms with Gasteiger partial charge >= 0.3 is 6.03 Å². The van der Waals surface area contributed by atoms with E-state index in [4.69, 9.17) is 0 Å². The van der Waals surface area contributed by atoms with E-state index in [9.17, 15) is 13.2 Å². The highest BCUT2D eigenvalue weighted by Crippen LogP contribution is 2.22. The van der Waals surface area contributed by atoms with Crippen LogP contribution in [0.4, 0.5) is 4.79 Å². The van der Waals surface area contributed by atoms with E-state index in [0.29, 0.717) is 12.5 Å². The fraction of sp³-hybridized carbons (Fsp3) is 0.917. The van der Waals surface area contributed by atoms with Crippen molar-refractivity contribution in [3.05, 3.63) is 0 Å². The van der Waals surface area contributed by atoms with E-state index >= 15 is 0 Å². The second-order valence-electron chi connectivity index (χ2n) is 5.45. The average molecular weight is 274 g/mol. The molecule has 1 atom stereocenters. The normalized spacial score (nSPS) is 27.9. The number of nitrogens with zero attached hydrogens (tertiary/aromatic N) is 1. The van der Waals surface area contributed by atoms with Crippen LogP contribution in [0.15, 0.2) is 0 Å². The average Bonchev–Trinajstić information content (AvgIpc) is 2.68. The topological polar surface area (TPSA) is 66.5 Å². The van der Waals surface area contributed by atoms with Crippen molar-refractivity contribution in [2.45, 2.75) is 50.6 Å². The molecular formula is C12H22N2O3S. The van der Waals surface area contributed by atoms with Crippen LogP contribution >= 0.6 is 0 Å². The second kappa shape index (κ2) is 5.47. The summed E-state index contributed by atoms with van der Waals surface area (Å²) in [6, 6.07) is -0.00528. The SMILES string of the molecule is CN(C(=O)N[C@H]1CCS(=O)(=O)C1)C1CCCCC1. The standard InChI is InChI=1S/C12H22N2O3S/c1-14(11-5-3-2-4-6-11)12(15)13-10-7-8-18(16,17)9-10/h10-11H,2-9H2,1H3,(H,13,15)/t10-/m0/s1. The zero-order valence-corrected chi connectivity index (χ0v) is 11.7. The molecule has 1 aliphatic heterocycles. The highest BCUT2D eigenvalue weighted by Gasteiger charge is 2.30. The van der Waals surface area contributed by atoms with Crippen LogP contribution in [-0.2, 0) is 9.84 Å². The maximum Gasteiger partial charge on any atom is 0.317 e. The lowest BCUT2D eigenvalue weighted by molar-refractivity contribution is 0.171. The van der Waals surface area contributed by atoms with Crippen LogP contribution in [0.5, 0.6) is 0 Å². The predicted octanol–water partition coefficient (Wildman–Crippen LogP) is 1.15. The van der Waals surface area contributed by atoms with Crippen LogP contribution in [0.25, 0.3) is 0 Å². The van der Waals surface area contributed by atoms with Crippen molar-refractivity contribution in [2.24, 2.45) is 0 Å². The Morgan fingerprint density at radius 3 is 2.39 bits per heavy atom. The molecule has 1 aliphatic carbocycles. The third-order valence-corrected chi connectivity index (χ3v) is 5.77. The fourth-order valence-electron chi connectivity index (χ4n) is 2.82. The minimum Gasteiger partial charge on any atom is -0.334 e. The molecule has 1 N–H and O–H groups in total. The molecule has 0 radical (unpaired) electrons. The second-order valence-corrected chi connectivity index (χ2v) is 7.68. The number of amides is 2. The van der Waals surface area contributed by atoms with Gasteiger partial charge in [-0.1, -0.05) is 19.3 Å². The van der Waals surface area contributed by atoms with E-state index in [1.54, 1.807) is 4.90 Å². The Hall–Kier alpha value is -0.780. The van der Waals surface area contributed by atoms with Gasteiger partial charge in [-0.25, -0.2) is 13.2 Å². The van der Waals surface area contributed by atoms with Crippen molar-refractivity contribution < 1.29 is 13.2 Å². The van der Waals surface area contributed by atoms with Crippen molar-refractivity contribution >= 4 is 15.9 Å². The number of carbonyl (C=O) groups is 1. The van der Waals surface area contributed by atoms with Gasteiger partial charge < -0.3 is 10.2 Å². The Kier molecular flexibility index (Phi) is 4.14. The highest BCUT2D eigenvalue weighted by molar-refractivity contribution is 7.91. The van der Waals surface area contributed by atoms with E-state index in [1.165, 1.54) is 19.3 Å². The summed E-state index contributed by atoms with van der Waals surface area (Å²) in [5, 5.41) is 2.84. The minimum absolute atomic E-state index is 0.0945. The van der Waals surface area contributed by atoms with E-state index in [2.05, 4.69) is 5.32 Å². The van der Waals surface area contributed by atoms with E-state index in [1.807, 2.05) is 7.05 Å². The van der Waals surface area contributed by atoms with E-state index in [0.717, 1.165) is 12.8 Å². The van der Waals surface area contributed by atoms with Gasteiger partial charge in [0.1, 0.15) is 0 Å². The summed E-state index contributed by atoms with van der Waals surface area (Å²) in [7, 11) is -1.11. The molecular weight excluding hydrogens is 252 g/mol. The molecule has 1 saturated heterocycles. The van der Waals surface area contributed by atoms with Crippen LogP contribution in [0.2, 0.25) is 0 Å². The number of nitrogens with one attached hydrogen (secondary N) is 1. The maximum absolute atomic E-state index is 12.0. The van der Waals surface area contributed by atoms with E-state index in [-0.39, 0.29) is 23.6 Å². The van der Waals surface area contributed by atoms with Crippen LogP contribution in [0, 0.1) is 0 Å². The molecule has 5 nitrogen and oxygen atoms in total. The lowest BCUT2D eigenvalue weighted by atomic mass is 9.95. The number of hydrogen-bond donors (Lipinski definition) is 1. The number of urea groups is 1. The maximum atomic E-state index is 12.0. The molecule has 0 unspecified atom stereocenters. The zero-order chi connectivity index (χ0) is 13.2. The predicted molar refractivity (Wildman–Crippen MR) is 70.2 cm³/mol. The van der Waals surface area contributed by atoms with Crippen LogP contribution < -0.4 is 5.32 Å². The first-order valence-electron chi connectivity index (χ1n) is 6.72. The van der Waals surface area contributed by atoms with E-state index < -0.39 is 9.84 Å². The summed E-state index contributed by atoms with van der Waals surface area (Å²) in [5.41, 5.74) is 0. The summed E-state index contributed by atoms with van der Waals surface area (Å²) in [6.45, 7) is 0. The van der Waals surface area contributed by atoms with Gasteiger partial charge in [0.05, 0.1) is 11.5 Å². The largest absolute Gasteiger partial charge is 0.334 e. The smallest absolute Gasteiger partial charge is 0.317 e. The number of hydrogen-bond acceptors (Lipinski definition) is 3. The molecule has 0 spiro atoms. The molecule has 0 aromatic rings. The molecule has 2 amide bonds. The van der Waals surface area contributed by atoms with Crippen molar-refractivity contribution in [2.75, 3.05) is 18.6 Å². The molecule has 1 saturated carbocycles. The molecule has 0 aromatic carbocycles. The van der Waals surface area contributed by atoms with Crippen LogP contribution in [0.3, 0.4) is 0 Å². The van der Waals surface area contributed by atoms with Crippen molar-refractivity contribution in [1.82, 2.24) is 10.2 Å². The Morgan fingerprint density at radius 2 is 1.83 bits per heavy atom. The van der Waals surface area contributed by atoms with Gasteiger partial charge in [-0.05, 0) is 19.3 Å². The first-order valence-corrected chi connectivity index (χ1v) is 8.54. The Morgan fingerprint density at radius 1 is 1.17 bits per heavy atom. The summed E-state index contributed by atoms with van der Waals surface area (Å²) >= 11 is 0. The number of carbonyl (C=O) groups excluding carboxylic acids is 1. The molecule has 2 aliphatic rings. The highest BCUT2D eigenvalue weighted by atomic mass is 32.2. The van der Waals surface area contributed by atoms with Crippen molar-refractivity contribution in [1.29, 1.82) is 0 Å². The van der Waals surface area contributed by atoms with Gasteiger partial charge in [-0.3, -0.25) is 0 Å². The summed E-state index contributed by atoms with van der Waals surface area (Å²) < 4.78 is 22.7. The Balaban J connectivity index is 1.84. The lowest BCUT2D eigenvalue weighted by Crippen LogP contribution is -2.48. The molecule has 0 aromatic heterocycles. The quantitative estimate of drug-likeness (QED) is 0.821. The van der Waals surface area contributed by atoms with Crippen LogP contribution in [0.1, 0.15) is 38.5 Å². The molecule has 104 valence electrons. The molecule has 0 bridgehead atoms. The van der Waals surface area contributed by atoms with Gasteiger partial charge in [0.15, 0.2) is 9.84 Å². The van der Waals surface area contributed by atoms with Crippen LogP contribution in [-0.4, -0.2) is 50.0 Å². The Bertz CT molecular complexity index is 402.